The first kappa shape index (κ1) is 24.7. The van der Waals surface area contributed by atoms with Gasteiger partial charge in [0.25, 0.3) is 9.84 Å². The summed E-state index contributed by atoms with van der Waals surface area (Å²) < 4.78 is 117. The summed E-state index contributed by atoms with van der Waals surface area (Å²) in [6.07, 6.45) is -6.83. The lowest BCUT2D eigenvalue weighted by molar-refractivity contribution is -0.332. The highest BCUT2D eigenvalue weighted by Crippen LogP contribution is 2.52. The van der Waals surface area contributed by atoms with Crippen molar-refractivity contribution >= 4 is 64.9 Å². The van der Waals surface area contributed by atoms with Crippen molar-refractivity contribution in [3.05, 3.63) is 49.3 Å². The van der Waals surface area contributed by atoms with Crippen LogP contribution < -0.4 is 0 Å². The van der Waals surface area contributed by atoms with Gasteiger partial charge in [-0.2, -0.15) is 30.7 Å². The summed E-state index contributed by atoms with van der Waals surface area (Å²) in [5, 5.41) is -6.69. The summed E-state index contributed by atoms with van der Waals surface area (Å²) in [7, 11) is -6.59. The Balaban J connectivity index is 2.88. The molecule has 0 heterocycles. The lowest BCUT2D eigenvalue weighted by Crippen LogP contribution is -2.56. The Hall–Kier alpha value is -0.560. The van der Waals surface area contributed by atoms with E-state index < -0.39 is 37.6 Å². The smallest absolute Gasteiger partial charge is 0.217 e. The Kier molecular flexibility index (Phi) is 6.69. The number of hydrogen-bond donors (Lipinski definition) is 0. The number of sulfone groups is 1. The molecular weight excluding hydrogens is 608 g/mol. The monoisotopic (exact) mass is 609 g/mol. The van der Waals surface area contributed by atoms with Gasteiger partial charge in [0.15, 0.2) is 0 Å². The average Bonchev–Trinajstić information content (AvgIpc) is 2.55. The van der Waals surface area contributed by atoms with Crippen LogP contribution >= 0.6 is 55.1 Å². The predicted molar refractivity (Wildman–Crippen MR) is 99.3 cm³/mol. The molecule has 0 aliphatic rings. The first-order valence-electron chi connectivity index (χ1n) is 6.89. The number of rotatable bonds is 4. The molecular formula is C15H4Br2Cl2F7O2S. The van der Waals surface area contributed by atoms with Crippen molar-refractivity contribution in [2.45, 2.75) is 22.2 Å². The van der Waals surface area contributed by atoms with Crippen molar-refractivity contribution in [1.29, 1.82) is 0 Å². The summed E-state index contributed by atoms with van der Waals surface area (Å²) in [5.74, 6) is -6.87. The van der Waals surface area contributed by atoms with E-state index in [0.717, 1.165) is 18.2 Å². The molecule has 0 aliphatic carbocycles. The SMILES string of the molecule is O=S(=O)(c1cc(Br)[c]c(Br)c1-c1ccc(Cl)c(Cl)c1)C(F)(F)C(F)(F)C(F)(F)F. The van der Waals surface area contributed by atoms with E-state index in [1.165, 1.54) is 0 Å². The molecule has 159 valence electrons. The minimum atomic E-state index is -6.87. The van der Waals surface area contributed by atoms with E-state index in [1.54, 1.807) is 0 Å². The van der Waals surface area contributed by atoms with Crippen LogP contribution in [0.4, 0.5) is 30.7 Å². The second-order valence-corrected chi connectivity index (χ2v) is 9.81. The largest absolute Gasteiger partial charge is 0.461 e. The molecule has 14 heteroatoms. The Morgan fingerprint density at radius 3 is 1.93 bits per heavy atom. The third kappa shape index (κ3) is 4.15. The molecule has 0 spiro atoms. The molecule has 2 rings (SSSR count). The molecule has 2 aromatic rings. The van der Waals surface area contributed by atoms with Gasteiger partial charge < -0.3 is 0 Å². The molecule has 2 nitrogen and oxygen atoms in total. The first-order valence-corrected chi connectivity index (χ1v) is 10.7. The van der Waals surface area contributed by atoms with Crippen LogP contribution in [-0.2, 0) is 9.84 Å². The fourth-order valence-corrected chi connectivity index (χ4v) is 5.52. The minimum Gasteiger partial charge on any atom is -0.217 e. The van der Waals surface area contributed by atoms with Gasteiger partial charge in [-0.3, -0.25) is 0 Å². The van der Waals surface area contributed by atoms with Gasteiger partial charge in [0.1, 0.15) is 0 Å². The summed E-state index contributed by atoms with van der Waals surface area (Å²) in [6, 6.07) is 6.14. The van der Waals surface area contributed by atoms with Gasteiger partial charge in [0.05, 0.1) is 14.9 Å². The molecule has 2 aromatic carbocycles. The van der Waals surface area contributed by atoms with Crippen molar-refractivity contribution in [1.82, 2.24) is 0 Å². The molecule has 0 atom stereocenters. The maximum absolute atomic E-state index is 14.1. The molecule has 1 radical (unpaired) electrons. The Labute approximate surface area is 186 Å². The second kappa shape index (κ2) is 7.85. The molecule has 0 unspecified atom stereocenters. The van der Waals surface area contributed by atoms with Crippen LogP contribution in [-0.4, -0.2) is 25.8 Å². The van der Waals surface area contributed by atoms with Gasteiger partial charge in [-0.15, -0.1) is 0 Å². The summed E-state index contributed by atoms with van der Waals surface area (Å²) in [6.45, 7) is 0. The molecule has 0 fully saturated rings. The molecule has 29 heavy (non-hydrogen) atoms. The molecule has 0 N–H and O–H groups in total. The summed E-state index contributed by atoms with van der Waals surface area (Å²) in [5.41, 5.74) is -0.871. The minimum absolute atomic E-state index is 0.00836. The number of alkyl halides is 7. The zero-order chi connectivity index (χ0) is 22.6. The summed E-state index contributed by atoms with van der Waals surface area (Å²) >= 11 is 17.1. The Morgan fingerprint density at radius 1 is 0.897 bits per heavy atom. The van der Waals surface area contributed by atoms with E-state index in [4.69, 9.17) is 23.2 Å². The number of benzene rings is 2. The highest BCUT2D eigenvalue weighted by atomic mass is 79.9. The lowest BCUT2D eigenvalue weighted by atomic mass is 10.1. The Bertz CT molecular complexity index is 1070. The molecule has 0 saturated carbocycles. The molecule has 0 aromatic heterocycles. The quantitative estimate of drug-likeness (QED) is 0.335. The van der Waals surface area contributed by atoms with Gasteiger partial charge in [0.2, 0.25) is 0 Å². The number of halogens is 11. The molecule has 0 bridgehead atoms. The number of hydrogen-bond acceptors (Lipinski definition) is 2. The molecule has 0 aliphatic heterocycles. The fourth-order valence-electron chi connectivity index (χ4n) is 2.10. The van der Waals surface area contributed by atoms with Crippen LogP contribution in [0.1, 0.15) is 0 Å². The van der Waals surface area contributed by atoms with E-state index in [2.05, 4.69) is 37.9 Å². The van der Waals surface area contributed by atoms with Crippen molar-refractivity contribution in [3.8, 4) is 11.1 Å². The topological polar surface area (TPSA) is 34.1 Å². The molecule has 0 amide bonds. The predicted octanol–water partition coefficient (Wildman–Crippen LogP) is 7.55. The van der Waals surface area contributed by atoms with Gasteiger partial charge in [-0.25, -0.2) is 8.42 Å². The highest BCUT2D eigenvalue weighted by Gasteiger charge is 2.78. The highest BCUT2D eigenvalue weighted by molar-refractivity contribution is 9.11. The van der Waals surface area contributed by atoms with Crippen LogP contribution in [0.2, 0.25) is 10.0 Å². The maximum Gasteiger partial charge on any atom is 0.461 e. The van der Waals surface area contributed by atoms with Crippen LogP contribution in [0, 0.1) is 6.07 Å². The third-order valence-electron chi connectivity index (χ3n) is 3.51. The first-order chi connectivity index (χ1) is 12.9. The van der Waals surface area contributed by atoms with E-state index in [9.17, 15) is 39.2 Å². The van der Waals surface area contributed by atoms with E-state index >= 15 is 0 Å². The average molecular weight is 612 g/mol. The van der Waals surface area contributed by atoms with Crippen molar-refractivity contribution < 1.29 is 39.2 Å². The van der Waals surface area contributed by atoms with Gasteiger partial charge in [-0.05, 0) is 39.7 Å². The zero-order valence-corrected chi connectivity index (χ0v) is 18.7. The van der Waals surface area contributed by atoms with Crippen LogP contribution in [0.15, 0.2) is 38.1 Å². The van der Waals surface area contributed by atoms with Crippen molar-refractivity contribution in [2.75, 3.05) is 0 Å². The normalized spacial score (nSPS) is 13.6. The van der Waals surface area contributed by atoms with Crippen LogP contribution in [0.25, 0.3) is 11.1 Å². The van der Waals surface area contributed by atoms with Gasteiger partial charge in [0, 0.05) is 20.6 Å². The zero-order valence-electron chi connectivity index (χ0n) is 13.2. The standard InChI is InChI=1S/C15H4Br2Cl2F7O2S/c16-7-4-8(17)12(6-1-2-9(18)10(19)3-6)11(5-7)29(27,28)15(25,26)13(20,21)14(22,23)24/h1-3,5H. The van der Waals surface area contributed by atoms with Crippen LogP contribution in [0.5, 0.6) is 0 Å². The second-order valence-electron chi connectivity index (χ2n) is 5.39. The van der Waals surface area contributed by atoms with Crippen molar-refractivity contribution in [2.24, 2.45) is 0 Å². The van der Waals surface area contributed by atoms with Gasteiger partial charge >= 0.3 is 17.4 Å². The van der Waals surface area contributed by atoms with Crippen LogP contribution in [0.3, 0.4) is 0 Å². The lowest BCUT2D eigenvalue weighted by Gasteiger charge is -2.28. The fraction of sp³-hybridized carbons (Fsp3) is 0.200. The third-order valence-corrected chi connectivity index (χ3v) is 7.10. The van der Waals surface area contributed by atoms with Gasteiger partial charge in [-0.1, -0.05) is 45.2 Å². The van der Waals surface area contributed by atoms with Crippen molar-refractivity contribution in [3.63, 3.8) is 0 Å². The summed E-state index contributed by atoms with van der Waals surface area (Å²) in [4.78, 5) is -1.51. The maximum atomic E-state index is 14.1. The molecule has 0 saturated heterocycles. The van der Waals surface area contributed by atoms with E-state index in [-0.39, 0.29) is 24.6 Å². The van der Waals surface area contributed by atoms with E-state index in [1.807, 2.05) is 0 Å². The Morgan fingerprint density at radius 2 is 1.45 bits per heavy atom. The van der Waals surface area contributed by atoms with E-state index in [0.29, 0.717) is 6.07 Å².